The quantitative estimate of drug-likeness (QED) is 0.197. The lowest BCUT2D eigenvalue weighted by atomic mass is 9.89. The molecule has 0 amide bonds. The molecule has 0 radical (unpaired) electrons. The maximum absolute atomic E-state index is 6.46. The van der Waals surface area contributed by atoms with Crippen LogP contribution in [0.25, 0.3) is 83.9 Å². The third-order valence-corrected chi connectivity index (χ3v) is 9.47. The van der Waals surface area contributed by atoms with Gasteiger partial charge >= 0.3 is 0 Å². The van der Waals surface area contributed by atoms with Gasteiger partial charge in [-0.1, -0.05) is 103 Å². The minimum absolute atomic E-state index is 0.00705. The Bertz CT molecular complexity index is 2720. The summed E-state index contributed by atoms with van der Waals surface area (Å²) in [6.45, 7) is 0. The van der Waals surface area contributed by atoms with Crippen molar-refractivity contribution in [2.45, 2.75) is 12.3 Å². The predicted octanol–water partition coefficient (Wildman–Crippen LogP) is 11.0. The first kappa shape index (κ1) is 26.8. The number of hydrogen-bond donors (Lipinski definition) is 0. The second-order valence-electron chi connectivity index (χ2n) is 12.4. The Morgan fingerprint density at radius 3 is 2.23 bits per heavy atom. The number of nitrogens with zero attached hydrogens (tertiary/aromatic N) is 3. The van der Waals surface area contributed by atoms with E-state index >= 15 is 0 Å². The molecule has 10 rings (SSSR count). The number of aromatic nitrogens is 3. The summed E-state index contributed by atoms with van der Waals surface area (Å²) in [6, 6.07) is 45.7. The summed E-state index contributed by atoms with van der Waals surface area (Å²) in [7, 11) is 0. The normalized spacial score (nSPS) is 14.3. The average molecular weight is 618 g/mol. The van der Waals surface area contributed by atoms with Crippen molar-refractivity contribution in [1.29, 1.82) is 0 Å². The SMILES string of the molecule is C1=CC(c2nc(-c3ccc4oc5ccccc5c4c3)nc(-c3cccc4oc5cc(-c6ccccc6)ccc5c34)n2)Cc2ccccc21. The molecule has 6 aromatic carbocycles. The van der Waals surface area contributed by atoms with Crippen LogP contribution in [0.4, 0.5) is 0 Å². The molecular formula is C43H27N3O2. The predicted molar refractivity (Wildman–Crippen MR) is 193 cm³/mol. The van der Waals surface area contributed by atoms with E-state index in [1.165, 1.54) is 11.1 Å². The minimum atomic E-state index is 0.00705. The zero-order valence-corrected chi connectivity index (χ0v) is 25.8. The first-order chi connectivity index (χ1) is 23.7. The van der Waals surface area contributed by atoms with Gasteiger partial charge in [-0.25, -0.2) is 15.0 Å². The van der Waals surface area contributed by atoms with Gasteiger partial charge < -0.3 is 8.83 Å². The van der Waals surface area contributed by atoms with Crippen molar-refractivity contribution >= 4 is 50.0 Å². The molecule has 0 saturated heterocycles. The van der Waals surface area contributed by atoms with Gasteiger partial charge in [0.1, 0.15) is 28.2 Å². The highest BCUT2D eigenvalue weighted by Gasteiger charge is 2.23. The molecule has 0 spiro atoms. The summed E-state index contributed by atoms with van der Waals surface area (Å²) in [6.07, 6.45) is 5.23. The van der Waals surface area contributed by atoms with E-state index in [4.69, 9.17) is 23.8 Å². The second kappa shape index (κ2) is 10.6. The Hall–Kier alpha value is -6.33. The highest BCUT2D eigenvalue weighted by molar-refractivity contribution is 6.12. The van der Waals surface area contributed by atoms with Crippen molar-refractivity contribution < 1.29 is 8.83 Å². The lowest BCUT2D eigenvalue weighted by Gasteiger charge is -2.19. The van der Waals surface area contributed by atoms with Crippen molar-refractivity contribution in [3.05, 3.63) is 156 Å². The molecule has 0 saturated carbocycles. The molecule has 1 aliphatic rings. The molecule has 5 nitrogen and oxygen atoms in total. The fourth-order valence-electron chi connectivity index (χ4n) is 7.08. The van der Waals surface area contributed by atoms with Crippen molar-refractivity contribution in [1.82, 2.24) is 15.0 Å². The van der Waals surface area contributed by atoms with Crippen molar-refractivity contribution in [2.24, 2.45) is 0 Å². The molecule has 0 bridgehead atoms. The number of rotatable bonds is 4. The van der Waals surface area contributed by atoms with Crippen LogP contribution in [0.5, 0.6) is 0 Å². The monoisotopic (exact) mass is 617 g/mol. The van der Waals surface area contributed by atoms with Gasteiger partial charge in [-0.2, -0.15) is 0 Å². The van der Waals surface area contributed by atoms with Crippen LogP contribution in [0.15, 0.2) is 148 Å². The van der Waals surface area contributed by atoms with Gasteiger partial charge in [0.2, 0.25) is 0 Å². The van der Waals surface area contributed by atoms with Gasteiger partial charge in [-0.15, -0.1) is 0 Å². The number of benzene rings is 6. The van der Waals surface area contributed by atoms with Gasteiger partial charge in [0, 0.05) is 38.6 Å². The van der Waals surface area contributed by atoms with Crippen LogP contribution in [0.1, 0.15) is 22.9 Å². The molecule has 9 aromatic rings. The van der Waals surface area contributed by atoms with Crippen LogP contribution in [-0.2, 0) is 6.42 Å². The molecule has 5 heteroatoms. The van der Waals surface area contributed by atoms with Crippen LogP contribution in [0, 0.1) is 0 Å². The minimum Gasteiger partial charge on any atom is -0.456 e. The van der Waals surface area contributed by atoms with Gasteiger partial charge in [0.05, 0.1) is 0 Å². The Labute approximate surface area is 275 Å². The zero-order chi connectivity index (χ0) is 31.6. The number of para-hydroxylation sites is 1. The summed E-state index contributed by atoms with van der Waals surface area (Å²) in [5, 5.41) is 4.13. The van der Waals surface area contributed by atoms with Crippen LogP contribution >= 0.6 is 0 Å². The molecule has 0 N–H and O–H groups in total. The third-order valence-electron chi connectivity index (χ3n) is 9.47. The van der Waals surface area contributed by atoms with E-state index in [2.05, 4.69) is 97.1 Å². The molecule has 3 heterocycles. The fourth-order valence-corrected chi connectivity index (χ4v) is 7.08. The van der Waals surface area contributed by atoms with Crippen LogP contribution in [0.3, 0.4) is 0 Å². The summed E-state index contributed by atoms with van der Waals surface area (Å²) in [5.74, 6) is 2.01. The van der Waals surface area contributed by atoms with Crippen LogP contribution in [-0.4, -0.2) is 15.0 Å². The topological polar surface area (TPSA) is 65.0 Å². The van der Waals surface area contributed by atoms with E-state index in [1.54, 1.807) is 0 Å². The van der Waals surface area contributed by atoms with Crippen molar-refractivity contribution in [3.63, 3.8) is 0 Å². The number of hydrogen-bond acceptors (Lipinski definition) is 5. The standard InChI is InChI=1S/C43H27N3O2/c1-2-9-26(10-3-1)29-19-21-33-39(25-29)48-38-16-8-14-34(40(33)38)43-45-41(30-18-17-27-11-4-5-12-28(27)23-30)44-42(46-43)31-20-22-37-35(24-31)32-13-6-7-15-36(32)47-37/h1-22,24-25,30H,23H2. The molecular weight excluding hydrogens is 590 g/mol. The lowest BCUT2D eigenvalue weighted by molar-refractivity contribution is 0.668. The van der Waals surface area contributed by atoms with Crippen LogP contribution < -0.4 is 0 Å². The van der Waals surface area contributed by atoms with Crippen molar-refractivity contribution in [3.8, 4) is 33.9 Å². The van der Waals surface area contributed by atoms with Gasteiger partial charge in [-0.05, 0) is 71.1 Å². The van der Waals surface area contributed by atoms with Gasteiger partial charge in [-0.3, -0.25) is 0 Å². The van der Waals surface area contributed by atoms with E-state index < -0.39 is 0 Å². The summed E-state index contributed by atoms with van der Waals surface area (Å²) in [5.41, 5.74) is 9.95. The second-order valence-corrected chi connectivity index (χ2v) is 12.4. The van der Waals surface area contributed by atoms with Crippen molar-refractivity contribution in [2.75, 3.05) is 0 Å². The molecule has 1 unspecified atom stereocenters. The third kappa shape index (κ3) is 4.36. The van der Waals surface area contributed by atoms with E-state index in [0.29, 0.717) is 11.6 Å². The smallest absolute Gasteiger partial charge is 0.164 e. The fraction of sp³-hybridized carbons (Fsp3) is 0.0465. The van der Waals surface area contributed by atoms with E-state index in [-0.39, 0.29) is 5.92 Å². The molecule has 1 atom stereocenters. The van der Waals surface area contributed by atoms with E-state index in [9.17, 15) is 0 Å². The number of fused-ring (bicyclic) bond motifs is 7. The molecule has 1 aliphatic carbocycles. The largest absolute Gasteiger partial charge is 0.456 e. The Morgan fingerprint density at radius 1 is 0.500 bits per heavy atom. The van der Waals surface area contributed by atoms with Gasteiger partial charge in [0.15, 0.2) is 11.6 Å². The molecule has 0 fully saturated rings. The lowest BCUT2D eigenvalue weighted by Crippen LogP contribution is -2.12. The molecule has 0 aliphatic heterocycles. The maximum atomic E-state index is 6.46. The Morgan fingerprint density at radius 2 is 1.27 bits per heavy atom. The first-order valence-electron chi connectivity index (χ1n) is 16.2. The molecule has 3 aromatic heterocycles. The molecule has 48 heavy (non-hydrogen) atoms. The Kier molecular flexibility index (Phi) is 5.93. The zero-order valence-electron chi connectivity index (χ0n) is 25.8. The molecule has 226 valence electrons. The number of furan rings is 2. The summed E-state index contributed by atoms with van der Waals surface area (Å²) in [4.78, 5) is 15.5. The van der Waals surface area contributed by atoms with E-state index in [0.717, 1.165) is 78.4 Å². The average Bonchev–Trinajstić information content (AvgIpc) is 3.72. The first-order valence-corrected chi connectivity index (χ1v) is 16.2. The van der Waals surface area contributed by atoms with Crippen LogP contribution in [0.2, 0.25) is 0 Å². The Balaban J connectivity index is 1.17. The maximum Gasteiger partial charge on any atom is 0.164 e. The highest BCUT2D eigenvalue weighted by atomic mass is 16.3. The van der Waals surface area contributed by atoms with Gasteiger partial charge in [0.25, 0.3) is 0 Å². The summed E-state index contributed by atoms with van der Waals surface area (Å²) >= 11 is 0. The highest BCUT2D eigenvalue weighted by Crippen LogP contribution is 2.39. The van der Waals surface area contributed by atoms with E-state index in [1.807, 2.05) is 48.5 Å². The number of allylic oxidation sites excluding steroid dienone is 1. The summed E-state index contributed by atoms with van der Waals surface area (Å²) < 4.78 is 12.6.